The first kappa shape index (κ1) is 34.6. The summed E-state index contributed by atoms with van der Waals surface area (Å²) < 4.78 is 27.2. The molecule has 0 radical (unpaired) electrons. The number of benzene rings is 1. The molecule has 0 unspecified atom stereocenters. The number of aromatic nitrogens is 3. The molecule has 0 spiro atoms. The minimum atomic E-state index is -1.04. The highest BCUT2D eigenvalue weighted by molar-refractivity contribution is 5.89. The molecule has 0 saturated carbocycles. The van der Waals surface area contributed by atoms with E-state index in [1.54, 1.807) is 13.1 Å². The predicted molar refractivity (Wildman–Crippen MR) is 157 cm³/mol. The number of carboxylic acid groups (broad SMARTS) is 1. The standard InChI is InChI=1S/C28H44N6O8/c1-20(2)5-8-24-32-27(34-28(33-24)31-22-7-6-21(26(36)37)19-23(22)38-4)30-10-12-40-14-16-42-18-17-41-15-13-39-11-9-25(35)29-3/h6-7,19-20H,5,8-18H2,1-4H3,(H,29,35)(H,36,37)(H2,30,31,32,33,34). The van der Waals surface area contributed by atoms with Gasteiger partial charge in [-0.25, -0.2) is 4.79 Å². The Bertz CT molecular complexity index is 1090. The highest BCUT2D eigenvalue weighted by atomic mass is 16.6. The second-order valence-electron chi connectivity index (χ2n) is 9.48. The summed E-state index contributed by atoms with van der Waals surface area (Å²) >= 11 is 0. The van der Waals surface area contributed by atoms with E-state index >= 15 is 0 Å². The molecular formula is C28H44N6O8. The molecule has 1 amide bonds. The van der Waals surface area contributed by atoms with Gasteiger partial charge in [0, 0.05) is 26.4 Å². The maximum absolute atomic E-state index is 11.3. The number of anilines is 3. The van der Waals surface area contributed by atoms with Gasteiger partial charge in [-0.1, -0.05) is 13.8 Å². The molecule has 0 aliphatic heterocycles. The maximum Gasteiger partial charge on any atom is 0.335 e. The Morgan fingerprint density at radius 2 is 1.50 bits per heavy atom. The molecule has 0 fully saturated rings. The Balaban J connectivity index is 1.72. The zero-order valence-corrected chi connectivity index (χ0v) is 24.9. The van der Waals surface area contributed by atoms with E-state index in [-0.39, 0.29) is 11.5 Å². The van der Waals surface area contributed by atoms with Gasteiger partial charge in [0.15, 0.2) is 0 Å². The van der Waals surface area contributed by atoms with Crippen molar-refractivity contribution in [3.63, 3.8) is 0 Å². The summed E-state index contributed by atoms with van der Waals surface area (Å²) in [5, 5.41) is 18.1. The molecule has 1 heterocycles. The topological polar surface area (TPSA) is 175 Å². The molecule has 42 heavy (non-hydrogen) atoms. The average Bonchev–Trinajstić information content (AvgIpc) is 2.97. The molecule has 2 rings (SSSR count). The van der Waals surface area contributed by atoms with Crippen LogP contribution in [0.15, 0.2) is 18.2 Å². The molecule has 14 heteroatoms. The molecule has 234 valence electrons. The molecular weight excluding hydrogens is 548 g/mol. The smallest absolute Gasteiger partial charge is 0.335 e. The van der Waals surface area contributed by atoms with Crippen LogP contribution in [0.5, 0.6) is 5.75 Å². The van der Waals surface area contributed by atoms with Crippen LogP contribution in [0.4, 0.5) is 17.6 Å². The zero-order valence-electron chi connectivity index (χ0n) is 24.9. The first-order chi connectivity index (χ1) is 20.3. The highest BCUT2D eigenvalue weighted by Crippen LogP contribution is 2.28. The number of hydrogen-bond donors (Lipinski definition) is 4. The number of aromatic carboxylic acids is 1. The van der Waals surface area contributed by atoms with Crippen molar-refractivity contribution in [2.75, 3.05) is 84.2 Å². The van der Waals surface area contributed by atoms with E-state index < -0.39 is 5.97 Å². The van der Waals surface area contributed by atoms with Gasteiger partial charge in [0.2, 0.25) is 17.8 Å². The maximum atomic E-state index is 11.3. The van der Waals surface area contributed by atoms with E-state index in [1.807, 2.05) is 0 Å². The van der Waals surface area contributed by atoms with Gasteiger partial charge in [-0.3, -0.25) is 4.79 Å². The minimum absolute atomic E-state index is 0.0499. The van der Waals surface area contributed by atoms with Crippen molar-refractivity contribution in [3.8, 4) is 5.75 Å². The fourth-order valence-corrected chi connectivity index (χ4v) is 3.42. The van der Waals surface area contributed by atoms with Crippen molar-refractivity contribution < 1.29 is 38.4 Å². The molecule has 14 nitrogen and oxygen atoms in total. The fraction of sp³-hybridized carbons (Fsp3) is 0.607. The van der Waals surface area contributed by atoms with Crippen LogP contribution in [-0.4, -0.2) is 105 Å². The molecule has 0 aliphatic carbocycles. The second-order valence-corrected chi connectivity index (χ2v) is 9.48. The van der Waals surface area contributed by atoms with Gasteiger partial charge in [-0.05, 0) is 30.5 Å². The second kappa shape index (κ2) is 20.3. The number of rotatable bonds is 23. The number of carboxylic acids is 1. The van der Waals surface area contributed by atoms with Crippen LogP contribution in [0, 0.1) is 5.92 Å². The van der Waals surface area contributed by atoms with E-state index in [4.69, 9.17) is 23.7 Å². The highest BCUT2D eigenvalue weighted by Gasteiger charge is 2.13. The van der Waals surface area contributed by atoms with E-state index in [0.717, 1.165) is 6.42 Å². The lowest BCUT2D eigenvalue weighted by Gasteiger charge is -2.13. The number of aryl methyl sites for hydroxylation is 1. The molecule has 0 aliphatic rings. The largest absolute Gasteiger partial charge is 0.495 e. The van der Waals surface area contributed by atoms with Crippen LogP contribution in [0.25, 0.3) is 0 Å². The van der Waals surface area contributed by atoms with E-state index in [9.17, 15) is 14.7 Å². The summed E-state index contributed by atoms with van der Waals surface area (Å²) in [7, 11) is 3.06. The number of hydrogen-bond acceptors (Lipinski definition) is 12. The molecule has 0 bridgehead atoms. The quantitative estimate of drug-likeness (QED) is 0.139. The first-order valence-electron chi connectivity index (χ1n) is 14.0. The molecule has 4 N–H and O–H groups in total. The Labute approximate surface area is 246 Å². The number of nitrogens with one attached hydrogen (secondary N) is 3. The van der Waals surface area contributed by atoms with Crippen molar-refractivity contribution in [3.05, 3.63) is 29.6 Å². The Morgan fingerprint density at radius 3 is 2.10 bits per heavy atom. The van der Waals surface area contributed by atoms with Crippen molar-refractivity contribution in [1.29, 1.82) is 0 Å². The molecule has 0 atom stereocenters. The third kappa shape index (κ3) is 14.3. The van der Waals surface area contributed by atoms with Crippen LogP contribution in [0.2, 0.25) is 0 Å². The third-order valence-corrected chi connectivity index (χ3v) is 5.72. The summed E-state index contributed by atoms with van der Waals surface area (Å²) in [6, 6.07) is 4.53. The van der Waals surface area contributed by atoms with Crippen molar-refractivity contribution in [1.82, 2.24) is 20.3 Å². The van der Waals surface area contributed by atoms with Gasteiger partial charge < -0.3 is 44.7 Å². The summed E-state index contributed by atoms with van der Waals surface area (Å²) in [6.45, 7) is 8.18. The van der Waals surface area contributed by atoms with Crippen LogP contribution in [0.1, 0.15) is 42.9 Å². The van der Waals surface area contributed by atoms with Crippen molar-refractivity contribution in [2.24, 2.45) is 5.92 Å². The van der Waals surface area contributed by atoms with Gasteiger partial charge in [0.25, 0.3) is 0 Å². The van der Waals surface area contributed by atoms with Gasteiger partial charge in [-0.2, -0.15) is 15.0 Å². The van der Waals surface area contributed by atoms with Crippen LogP contribution >= 0.6 is 0 Å². The van der Waals surface area contributed by atoms with E-state index in [0.29, 0.717) is 107 Å². The Morgan fingerprint density at radius 1 is 0.881 bits per heavy atom. The van der Waals surface area contributed by atoms with Gasteiger partial charge in [0.1, 0.15) is 11.6 Å². The molecule has 2 aromatic rings. The van der Waals surface area contributed by atoms with Gasteiger partial charge in [-0.15, -0.1) is 0 Å². The van der Waals surface area contributed by atoms with Crippen molar-refractivity contribution in [2.45, 2.75) is 33.1 Å². The lowest BCUT2D eigenvalue weighted by atomic mass is 10.1. The number of methoxy groups -OCH3 is 1. The predicted octanol–water partition coefficient (Wildman–Crippen LogP) is 2.53. The molecule has 1 aromatic heterocycles. The lowest BCUT2D eigenvalue weighted by Crippen LogP contribution is -2.20. The molecule has 0 saturated heterocycles. The zero-order chi connectivity index (χ0) is 30.6. The van der Waals surface area contributed by atoms with Gasteiger partial charge in [0.05, 0.1) is 71.2 Å². The van der Waals surface area contributed by atoms with Crippen LogP contribution in [0.3, 0.4) is 0 Å². The molecule has 1 aromatic carbocycles. The summed E-state index contributed by atoms with van der Waals surface area (Å²) in [4.78, 5) is 35.9. The number of carbonyl (C=O) groups excluding carboxylic acids is 1. The normalized spacial score (nSPS) is 11.0. The number of nitrogens with zero attached hydrogens (tertiary/aromatic N) is 3. The van der Waals surface area contributed by atoms with E-state index in [2.05, 4.69) is 44.7 Å². The van der Waals surface area contributed by atoms with E-state index in [1.165, 1.54) is 19.2 Å². The summed E-state index contributed by atoms with van der Waals surface area (Å²) in [5.74, 6) is 1.11. The van der Waals surface area contributed by atoms with Crippen LogP contribution in [-0.2, 0) is 30.2 Å². The number of carbonyl (C=O) groups is 2. The van der Waals surface area contributed by atoms with Crippen molar-refractivity contribution >= 4 is 29.5 Å². The van der Waals surface area contributed by atoms with Crippen LogP contribution < -0.4 is 20.7 Å². The summed E-state index contributed by atoms with van der Waals surface area (Å²) in [6.07, 6.45) is 1.94. The minimum Gasteiger partial charge on any atom is -0.495 e. The Kier molecular flexibility index (Phi) is 16.7. The average molecular weight is 593 g/mol. The fourth-order valence-electron chi connectivity index (χ4n) is 3.42. The number of ether oxygens (including phenoxy) is 5. The Hall–Kier alpha value is -3.59. The monoisotopic (exact) mass is 592 g/mol. The lowest BCUT2D eigenvalue weighted by molar-refractivity contribution is -0.121. The SMILES string of the molecule is CNC(=O)CCOCCOCCOCCOCCNc1nc(CCC(C)C)nc(Nc2ccc(C(=O)O)cc2OC)n1. The first-order valence-corrected chi connectivity index (χ1v) is 14.0. The third-order valence-electron chi connectivity index (χ3n) is 5.72. The van der Waals surface area contributed by atoms with Gasteiger partial charge >= 0.3 is 5.97 Å². The summed E-state index contributed by atoms with van der Waals surface area (Å²) in [5.41, 5.74) is 0.651. The number of amides is 1.